The van der Waals surface area contributed by atoms with Crippen molar-refractivity contribution in [2.75, 3.05) is 6.54 Å². The van der Waals surface area contributed by atoms with E-state index in [4.69, 9.17) is 0 Å². The quantitative estimate of drug-likeness (QED) is 0.873. The fraction of sp³-hybridized carbons (Fsp3) is 0.444. The number of hydrogen-bond acceptors (Lipinski definition) is 2. The molecular weight excluding hydrogens is 274 g/mol. The molecule has 1 aliphatic heterocycles. The second-order valence-corrected chi connectivity index (χ2v) is 6.50. The van der Waals surface area contributed by atoms with Crippen LogP contribution in [0.25, 0.3) is 0 Å². The summed E-state index contributed by atoms with van der Waals surface area (Å²) in [4.78, 5) is 15.0. The van der Waals surface area contributed by atoms with Crippen molar-refractivity contribution in [1.29, 1.82) is 0 Å². The van der Waals surface area contributed by atoms with Crippen molar-refractivity contribution in [3.05, 3.63) is 53.9 Å². The fourth-order valence-corrected chi connectivity index (χ4v) is 3.74. The predicted molar refractivity (Wildman–Crippen MR) is 84.2 cm³/mol. The molecule has 2 fully saturated rings. The number of benzene rings is 1. The number of hydrogen-bond donors (Lipinski definition) is 0. The zero-order chi connectivity index (χ0) is 15.1. The van der Waals surface area contributed by atoms with Gasteiger partial charge in [-0.25, -0.2) is 0 Å². The first kappa shape index (κ1) is 13.6. The molecule has 1 saturated heterocycles. The highest BCUT2D eigenvalue weighted by Gasteiger charge is 2.47. The normalized spacial score (nSPS) is 27.1. The van der Waals surface area contributed by atoms with Crippen LogP contribution in [0.3, 0.4) is 0 Å². The molecule has 1 amide bonds. The Balaban J connectivity index is 1.49. The zero-order valence-electron chi connectivity index (χ0n) is 12.9. The van der Waals surface area contributed by atoms with Crippen LogP contribution in [0.4, 0.5) is 0 Å². The highest BCUT2D eigenvalue weighted by molar-refractivity contribution is 5.83. The molecule has 0 radical (unpaired) electrons. The van der Waals surface area contributed by atoms with Gasteiger partial charge in [0.1, 0.15) is 0 Å². The molecule has 2 aliphatic rings. The summed E-state index contributed by atoms with van der Waals surface area (Å²) in [5, 5.41) is 4.26. The molecule has 4 nitrogen and oxygen atoms in total. The molecule has 22 heavy (non-hydrogen) atoms. The Morgan fingerprint density at radius 1 is 1.23 bits per heavy atom. The van der Waals surface area contributed by atoms with Gasteiger partial charge in [0, 0.05) is 31.3 Å². The van der Waals surface area contributed by atoms with E-state index < -0.39 is 0 Å². The molecule has 1 aromatic carbocycles. The van der Waals surface area contributed by atoms with E-state index in [-0.39, 0.29) is 12.0 Å². The first-order chi connectivity index (χ1) is 10.7. The second-order valence-electron chi connectivity index (χ2n) is 6.50. The standard InChI is InChI=1S/C18H21N3O/c1-20-12-14(11-19-20)17-8-5-9-21(17)18(22)16-10-15(16)13-6-3-2-4-7-13/h2-4,6-7,11-12,15-17H,5,8-10H2,1H3/t15-,16-,17+/m1/s1. The molecule has 1 aromatic heterocycles. The first-order valence-corrected chi connectivity index (χ1v) is 8.08. The maximum atomic E-state index is 12.9. The molecule has 2 aromatic rings. The van der Waals surface area contributed by atoms with E-state index in [1.165, 1.54) is 11.1 Å². The molecule has 0 unspecified atom stereocenters. The lowest BCUT2D eigenvalue weighted by atomic mass is 10.1. The summed E-state index contributed by atoms with van der Waals surface area (Å²) in [6.07, 6.45) is 7.09. The highest BCUT2D eigenvalue weighted by Crippen LogP contribution is 2.50. The van der Waals surface area contributed by atoms with Gasteiger partial charge in [-0.3, -0.25) is 9.48 Å². The number of aromatic nitrogens is 2. The lowest BCUT2D eigenvalue weighted by Gasteiger charge is -2.24. The van der Waals surface area contributed by atoms with Crippen LogP contribution in [0.5, 0.6) is 0 Å². The maximum absolute atomic E-state index is 12.9. The Bertz CT molecular complexity index is 679. The Kier molecular flexibility index (Phi) is 3.25. The Labute approximate surface area is 130 Å². The molecule has 1 aliphatic carbocycles. The molecular formula is C18H21N3O. The van der Waals surface area contributed by atoms with Gasteiger partial charge in [-0.2, -0.15) is 5.10 Å². The third-order valence-corrected chi connectivity index (χ3v) is 4.98. The first-order valence-electron chi connectivity index (χ1n) is 8.08. The molecule has 1 saturated carbocycles. The third-order valence-electron chi connectivity index (χ3n) is 4.98. The Morgan fingerprint density at radius 3 is 2.77 bits per heavy atom. The van der Waals surface area contributed by atoms with Crippen LogP contribution in [0.2, 0.25) is 0 Å². The summed E-state index contributed by atoms with van der Waals surface area (Å²) in [7, 11) is 1.93. The molecule has 0 bridgehead atoms. The van der Waals surface area contributed by atoms with E-state index in [0.717, 1.165) is 25.8 Å². The van der Waals surface area contributed by atoms with Gasteiger partial charge < -0.3 is 4.90 Å². The van der Waals surface area contributed by atoms with Crippen LogP contribution in [0.1, 0.15) is 42.3 Å². The van der Waals surface area contributed by atoms with Gasteiger partial charge in [0.05, 0.1) is 12.2 Å². The molecule has 0 spiro atoms. The topological polar surface area (TPSA) is 38.1 Å². The molecule has 3 atom stereocenters. The molecule has 0 N–H and O–H groups in total. The number of carbonyl (C=O) groups excluding carboxylic acids is 1. The van der Waals surface area contributed by atoms with Crippen LogP contribution in [0.15, 0.2) is 42.7 Å². The predicted octanol–water partition coefficient (Wildman–Crippen LogP) is 2.89. The van der Waals surface area contributed by atoms with E-state index in [1.807, 2.05) is 30.2 Å². The largest absolute Gasteiger partial charge is 0.335 e. The van der Waals surface area contributed by atoms with E-state index in [9.17, 15) is 4.79 Å². The fourth-order valence-electron chi connectivity index (χ4n) is 3.74. The van der Waals surface area contributed by atoms with E-state index in [0.29, 0.717) is 11.8 Å². The molecule has 4 heteroatoms. The number of aryl methyl sites for hydroxylation is 1. The van der Waals surface area contributed by atoms with Crippen molar-refractivity contribution in [2.45, 2.75) is 31.2 Å². The Morgan fingerprint density at radius 2 is 2.05 bits per heavy atom. The molecule has 2 heterocycles. The molecule has 114 valence electrons. The minimum Gasteiger partial charge on any atom is -0.335 e. The van der Waals surface area contributed by atoms with E-state index >= 15 is 0 Å². The van der Waals surface area contributed by atoms with Crippen molar-refractivity contribution in [3.63, 3.8) is 0 Å². The lowest BCUT2D eigenvalue weighted by molar-refractivity contribution is -0.133. The van der Waals surface area contributed by atoms with Crippen LogP contribution < -0.4 is 0 Å². The smallest absolute Gasteiger partial charge is 0.226 e. The monoisotopic (exact) mass is 295 g/mol. The van der Waals surface area contributed by atoms with Crippen molar-refractivity contribution >= 4 is 5.91 Å². The highest BCUT2D eigenvalue weighted by atomic mass is 16.2. The van der Waals surface area contributed by atoms with Gasteiger partial charge in [0.25, 0.3) is 0 Å². The summed E-state index contributed by atoms with van der Waals surface area (Å²) in [6, 6.07) is 10.6. The van der Waals surface area contributed by atoms with Gasteiger partial charge >= 0.3 is 0 Å². The average molecular weight is 295 g/mol. The van der Waals surface area contributed by atoms with E-state index in [2.05, 4.69) is 34.3 Å². The van der Waals surface area contributed by atoms with Gasteiger partial charge in [-0.05, 0) is 30.7 Å². The van der Waals surface area contributed by atoms with Crippen molar-refractivity contribution in [3.8, 4) is 0 Å². The Hall–Kier alpha value is -2.10. The van der Waals surface area contributed by atoms with Crippen LogP contribution in [-0.2, 0) is 11.8 Å². The lowest BCUT2D eigenvalue weighted by Crippen LogP contribution is -2.32. The van der Waals surface area contributed by atoms with Gasteiger partial charge in [-0.1, -0.05) is 30.3 Å². The number of likely N-dealkylation sites (tertiary alicyclic amines) is 1. The number of rotatable bonds is 3. The average Bonchev–Trinajstić information content (AvgIpc) is 2.98. The summed E-state index contributed by atoms with van der Waals surface area (Å²) >= 11 is 0. The summed E-state index contributed by atoms with van der Waals surface area (Å²) in [5.74, 6) is 0.934. The minimum absolute atomic E-state index is 0.180. The van der Waals surface area contributed by atoms with Crippen LogP contribution >= 0.6 is 0 Å². The SMILES string of the molecule is Cn1cc([C@@H]2CCCN2C(=O)[C@@H]2C[C@@H]2c2ccccc2)cn1. The van der Waals surface area contributed by atoms with Crippen LogP contribution in [0, 0.1) is 5.92 Å². The summed E-state index contributed by atoms with van der Waals surface area (Å²) in [5.41, 5.74) is 2.48. The van der Waals surface area contributed by atoms with Gasteiger partial charge in [0.2, 0.25) is 5.91 Å². The second kappa shape index (κ2) is 5.27. The minimum atomic E-state index is 0.180. The van der Waals surface area contributed by atoms with E-state index in [1.54, 1.807) is 0 Å². The van der Waals surface area contributed by atoms with Crippen LogP contribution in [-0.4, -0.2) is 27.1 Å². The maximum Gasteiger partial charge on any atom is 0.226 e. The summed E-state index contributed by atoms with van der Waals surface area (Å²) < 4.78 is 1.82. The van der Waals surface area contributed by atoms with Gasteiger partial charge in [0.15, 0.2) is 0 Å². The number of nitrogens with zero attached hydrogens (tertiary/aromatic N) is 3. The summed E-state index contributed by atoms with van der Waals surface area (Å²) in [6.45, 7) is 0.885. The van der Waals surface area contributed by atoms with Crippen molar-refractivity contribution < 1.29 is 4.79 Å². The van der Waals surface area contributed by atoms with Crippen molar-refractivity contribution in [2.24, 2.45) is 13.0 Å². The van der Waals surface area contributed by atoms with Crippen molar-refractivity contribution in [1.82, 2.24) is 14.7 Å². The third kappa shape index (κ3) is 2.32. The van der Waals surface area contributed by atoms with Gasteiger partial charge in [-0.15, -0.1) is 0 Å². The molecule has 4 rings (SSSR count). The zero-order valence-corrected chi connectivity index (χ0v) is 12.9. The number of amides is 1. The number of carbonyl (C=O) groups is 1.